The summed E-state index contributed by atoms with van der Waals surface area (Å²) in [4.78, 5) is 27.2. The third-order valence-electron chi connectivity index (χ3n) is 3.60. The minimum Gasteiger partial charge on any atom is -0.346 e. The van der Waals surface area contributed by atoms with E-state index < -0.39 is 0 Å². The molecule has 0 aromatic heterocycles. The molecule has 0 fully saturated rings. The molecule has 0 saturated carbocycles. The van der Waals surface area contributed by atoms with Gasteiger partial charge in [0.05, 0.1) is 0 Å². The molecule has 0 saturated heterocycles. The molecule has 0 atom stereocenters. The number of hydrogen-bond donors (Lipinski definition) is 0. The SMILES string of the molecule is CCCCN(C)C(=O)CCN(Cc1ccc(Cl)cc1)C(C)=O. The molecular weight excluding hydrogens is 300 g/mol. The summed E-state index contributed by atoms with van der Waals surface area (Å²) in [6, 6.07) is 7.40. The van der Waals surface area contributed by atoms with Gasteiger partial charge in [-0.25, -0.2) is 0 Å². The average molecular weight is 325 g/mol. The van der Waals surface area contributed by atoms with E-state index in [4.69, 9.17) is 11.6 Å². The second kappa shape index (κ2) is 9.46. The third-order valence-corrected chi connectivity index (χ3v) is 3.85. The van der Waals surface area contributed by atoms with E-state index in [1.54, 1.807) is 21.9 Å². The second-order valence-electron chi connectivity index (χ2n) is 5.49. The molecule has 0 aliphatic heterocycles. The van der Waals surface area contributed by atoms with Gasteiger partial charge in [0.2, 0.25) is 11.8 Å². The van der Waals surface area contributed by atoms with E-state index >= 15 is 0 Å². The molecule has 1 rings (SSSR count). The number of carbonyl (C=O) groups is 2. The van der Waals surface area contributed by atoms with Crippen LogP contribution in [0.2, 0.25) is 5.02 Å². The topological polar surface area (TPSA) is 40.6 Å². The highest BCUT2D eigenvalue weighted by Gasteiger charge is 2.14. The molecule has 0 bridgehead atoms. The summed E-state index contributed by atoms with van der Waals surface area (Å²) in [6.45, 7) is 5.33. The van der Waals surface area contributed by atoms with Crippen LogP contribution < -0.4 is 0 Å². The van der Waals surface area contributed by atoms with Crippen LogP contribution in [-0.4, -0.2) is 41.8 Å². The zero-order valence-corrected chi connectivity index (χ0v) is 14.4. The maximum Gasteiger partial charge on any atom is 0.224 e. The Balaban J connectivity index is 2.52. The summed E-state index contributed by atoms with van der Waals surface area (Å²) in [7, 11) is 1.81. The maximum absolute atomic E-state index is 12.0. The number of carbonyl (C=O) groups excluding carboxylic acids is 2. The van der Waals surface area contributed by atoms with E-state index in [2.05, 4.69) is 6.92 Å². The number of nitrogens with zero attached hydrogens (tertiary/aromatic N) is 2. The fraction of sp³-hybridized carbons (Fsp3) is 0.529. The lowest BCUT2D eigenvalue weighted by Gasteiger charge is -2.23. The first-order chi connectivity index (χ1) is 10.4. The molecule has 0 aliphatic carbocycles. The van der Waals surface area contributed by atoms with Crippen LogP contribution in [0.15, 0.2) is 24.3 Å². The van der Waals surface area contributed by atoms with Gasteiger partial charge in [0.1, 0.15) is 0 Å². The van der Waals surface area contributed by atoms with E-state index in [1.807, 2.05) is 19.2 Å². The van der Waals surface area contributed by atoms with Crippen LogP contribution in [-0.2, 0) is 16.1 Å². The lowest BCUT2D eigenvalue weighted by atomic mass is 10.2. The molecule has 22 heavy (non-hydrogen) atoms. The molecule has 1 aromatic carbocycles. The summed E-state index contributed by atoms with van der Waals surface area (Å²) in [6.07, 6.45) is 2.42. The maximum atomic E-state index is 12.0. The second-order valence-corrected chi connectivity index (χ2v) is 5.92. The quantitative estimate of drug-likeness (QED) is 0.736. The molecular formula is C17H25ClN2O2. The fourth-order valence-electron chi connectivity index (χ4n) is 2.10. The highest BCUT2D eigenvalue weighted by Crippen LogP contribution is 2.12. The number of unbranched alkanes of at least 4 members (excludes halogenated alkanes) is 1. The zero-order chi connectivity index (χ0) is 16.5. The number of halogens is 1. The number of rotatable bonds is 8. The third kappa shape index (κ3) is 6.48. The van der Waals surface area contributed by atoms with E-state index in [-0.39, 0.29) is 11.8 Å². The summed E-state index contributed by atoms with van der Waals surface area (Å²) in [5, 5.41) is 0.672. The summed E-state index contributed by atoms with van der Waals surface area (Å²) in [5.41, 5.74) is 1.01. The van der Waals surface area contributed by atoms with Crippen molar-refractivity contribution >= 4 is 23.4 Å². The van der Waals surface area contributed by atoms with Crippen molar-refractivity contribution in [1.82, 2.24) is 9.80 Å². The highest BCUT2D eigenvalue weighted by molar-refractivity contribution is 6.30. The summed E-state index contributed by atoms with van der Waals surface area (Å²) >= 11 is 5.86. The van der Waals surface area contributed by atoms with Crippen LogP contribution in [0.25, 0.3) is 0 Å². The van der Waals surface area contributed by atoms with E-state index in [1.165, 1.54) is 6.92 Å². The molecule has 0 unspecified atom stereocenters. The van der Waals surface area contributed by atoms with Gasteiger partial charge in [-0.15, -0.1) is 0 Å². The first-order valence-corrected chi connectivity index (χ1v) is 8.05. The Labute approximate surface area is 138 Å². The van der Waals surface area contributed by atoms with Crippen LogP contribution in [0.3, 0.4) is 0 Å². The van der Waals surface area contributed by atoms with Gasteiger partial charge in [0, 0.05) is 45.0 Å². The summed E-state index contributed by atoms with van der Waals surface area (Å²) in [5.74, 6) is 0.0507. The largest absolute Gasteiger partial charge is 0.346 e. The monoisotopic (exact) mass is 324 g/mol. The van der Waals surface area contributed by atoms with Crippen molar-refractivity contribution in [1.29, 1.82) is 0 Å². The Morgan fingerprint density at radius 1 is 1.14 bits per heavy atom. The molecule has 0 radical (unpaired) electrons. The first-order valence-electron chi connectivity index (χ1n) is 7.68. The van der Waals surface area contributed by atoms with Gasteiger partial charge in [-0.2, -0.15) is 0 Å². The van der Waals surface area contributed by atoms with Crippen molar-refractivity contribution in [2.45, 2.75) is 39.7 Å². The van der Waals surface area contributed by atoms with E-state index in [0.717, 1.165) is 24.9 Å². The predicted octanol–water partition coefficient (Wildman–Crippen LogP) is 3.34. The van der Waals surface area contributed by atoms with Gasteiger partial charge < -0.3 is 9.80 Å². The number of amides is 2. The fourth-order valence-corrected chi connectivity index (χ4v) is 2.23. The number of hydrogen-bond acceptors (Lipinski definition) is 2. The van der Waals surface area contributed by atoms with Gasteiger partial charge in [0.15, 0.2) is 0 Å². The predicted molar refractivity (Wildman–Crippen MR) is 89.7 cm³/mol. The van der Waals surface area contributed by atoms with Gasteiger partial charge in [-0.1, -0.05) is 37.1 Å². The van der Waals surface area contributed by atoms with Crippen LogP contribution in [0.4, 0.5) is 0 Å². The smallest absolute Gasteiger partial charge is 0.224 e. The zero-order valence-electron chi connectivity index (χ0n) is 13.6. The standard InChI is InChI=1S/C17H25ClN2O2/c1-4-5-11-19(3)17(22)10-12-20(14(2)21)13-15-6-8-16(18)9-7-15/h6-9H,4-5,10-13H2,1-3H3. The lowest BCUT2D eigenvalue weighted by Crippen LogP contribution is -2.34. The van der Waals surface area contributed by atoms with Crippen molar-refractivity contribution in [2.24, 2.45) is 0 Å². The molecule has 0 heterocycles. The highest BCUT2D eigenvalue weighted by atomic mass is 35.5. The van der Waals surface area contributed by atoms with Crippen LogP contribution in [0.5, 0.6) is 0 Å². The molecule has 0 aliphatic rings. The first kappa shape index (κ1) is 18.5. The molecule has 1 aromatic rings. The Kier molecular flexibility index (Phi) is 7.96. The van der Waals surface area contributed by atoms with Gasteiger partial charge in [-0.3, -0.25) is 9.59 Å². The van der Waals surface area contributed by atoms with Crippen molar-refractivity contribution in [3.8, 4) is 0 Å². The van der Waals surface area contributed by atoms with Crippen molar-refractivity contribution < 1.29 is 9.59 Å². The number of benzene rings is 1. The van der Waals surface area contributed by atoms with Crippen molar-refractivity contribution in [2.75, 3.05) is 20.1 Å². The van der Waals surface area contributed by atoms with Crippen LogP contribution in [0.1, 0.15) is 38.7 Å². The van der Waals surface area contributed by atoms with Crippen LogP contribution in [0, 0.1) is 0 Å². The average Bonchev–Trinajstić information content (AvgIpc) is 2.50. The van der Waals surface area contributed by atoms with Crippen LogP contribution >= 0.6 is 11.6 Å². The lowest BCUT2D eigenvalue weighted by molar-refractivity contribution is -0.133. The van der Waals surface area contributed by atoms with E-state index in [9.17, 15) is 9.59 Å². The Bertz CT molecular complexity index is 488. The Morgan fingerprint density at radius 3 is 2.32 bits per heavy atom. The molecule has 0 spiro atoms. The van der Waals surface area contributed by atoms with Crippen molar-refractivity contribution in [3.63, 3.8) is 0 Å². The molecule has 5 heteroatoms. The minimum atomic E-state index is -0.0287. The molecule has 2 amide bonds. The Morgan fingerprint density at radius 2 is 1.77 bits per heavy atom. The molecule has 4 nitrogen and oxygen atoms in total. The normalized spacial score (nSPS) is 10.4. The Hall–Kier alpha value is -1.55. The molecule has 122 valence electrons. The van der Waals surface area contributed by atoms with Gasteiger partial charge in [0.25, 0.3) is 0 Å². The van der Waals surface area contributed by atoms with Gasteiger partial charge in [-0.05, 0) is 24.1 Å². The summed E-state index contributed by atoms with van der Waals surface area (Å²) < 4.78 is 0. The van der Waals surface area contributed by atoms with Gasteiger partial charge >= 0.3 is 0 Å². The molecule has 0 N–H and O–H groups in total. The van der Waals surface area contributed by atoms with Crippen molar-refractivity contribution in [3.05, 3.63) is 34.9 Å². The van der Waals surface area contributed by atoms with E-state index in [0.29, 0.717) is 24.5 Å². The minimum absolute atomic E-state index is 0.0287.